The number of benzene rings is 1. The Morgan fingerprint density at radius 2 is 2.10 bits per heavy atom. The summed E-state index contributed by atoms with van der Waals surface area (Å²) in [6.45, 7) is 3.93. The normalized spacial score (nSPS) is 10.0. The molecule has 2 rings (SSSR count). The number of ether oxygens (including phenoxy) is 2. The fourth-order valence-corrected chi connectivity index (χ4v) is 2.10. The molecule has 0 N–H and O–H groups in total. The SMILES string of the molecule is COc1c(C)cnc(COc2cccc(F)c2C#N)c1C. The molecular weight excluding hydrogens is 271 g/mol. The van der Waals surface area contributed by atoms with E-state index in [-0.39, 0.29) is 17.9 Å². The van der Waals surface area contributed by atoms with E-state index in [2.05, 4.69) is 4.98 Å². The van der Waals surface area contributed by atoms with Gasteiger partial charge < -0.3 is 9.47 Å². The molecule has 0 spiro atoms. The van der Waals surface area contributed by atoms with Crippen LogP contribution in [0.1, 0.15) is 22.4 Å². The van der Waals surface area contributed by atoms with Crippen LogP contribution < -0.4 is 9.47 Å². The van der Waals surface area contributed by atoms with E-state index in [0.717, 1.165) is 16.9 Å². The van der Waals surface area contributed by atoms with Crippen LogP contribution in [0.15, 0.2) is 24.4 Å². The van der Waals surface area contributed by atoms with Crippen molar-refractivity contribution in [3.8, 4) is 17.6 Å². The number of halogens is 1. The van der Waals surface area contributed by atoms with Gasteiger partial charge in [-0.2, -0.15) is 5.26 Å². The van der Waals surface area contributed by atoms with Gasteiger partial charge >= 0.3 is 0 Å². The standard InChI is InChI=1S/C16H15FN2O2/c1-10-8-19-14(11(2)16(10)20-3)9-21-15-6-4-5-13(17)12(15)7-18/h4-6,8H,9H2,1-3H3. The summed E-state index contributed by atoms with van der Waals surface area (Å²) in [5, 5.41) is 8.96. The van der Waals surface area contributed by atoms with Crippen LogP contribution in [0, 0.1) is 31.0 Å². The first-order valence-electron chi connectivity index (χ1n) is 6.39. The molecule has 1 aromatic carbocycles. The first-order chi connectivity index (χ1) is 10.1. The smallest absolute Gasteiger partial charge is 0.144 e. The molecule has 2 aromatic rings. The molecule has 0 radical (unpaired) electrons. The molecule has 4 nitrogen and oxygen atoms in total. The van der Waals surface area contributed by atoms with Crippen molar-refractivity contribution < 1.29 is 13.9 Å². The predicted octanol–water partition coefficient (Wildman–Crippen LogP) is 3.30. The number of aryl methyl sites for hydroxylation is 1. The van der Waals surface area contributed by atoms with Crippen molar-refractivity contribution in [3.63, 3.8) is 0 Å². The van der Waals surface area contributed by atoms with Crippen LogP contribution in [0.5, 0.6) is 11.5 Å². The van der Waals surface area contributed by atoms with E-state index in [4.69, 9.17) is 14.7 Å². The second-order valence-electron chi connectivity index (χ2n) is 4.56. The number of nitrogens with zero attached hydrogens (tertiary/aromatic N) is 2. The maximum atomic E-state index is 13.5. The van der Waals surface area contributed by atoms with Gasteiger partial charge in [-0.05, 0) is 26.0 Å². The molecule has 0 saturated heterocycles. The van der Waals surface area contributed by atoms with Gasteiger partial charge in [0.25, 0.3) is 0 Å². The molecule has 0 aliphatic carbocycles. The van der Waals surface area contributed by atoms with Gasteiger partial charge in [-0.3, -0.25) is 4.98 Å². The Hall–Kier alpha value is -2.61. The number of rotatable bonds is 4. The largest absolute Gasteiger partial charge is 0.496 e. The van der Waals surface area contributed by atoms with Crippen molar-refractivity contribution in [3.05, 3.63) is 52.6 Å². The van der Waals surface area contributed by atoms with E-state index < -0.39 is 5.82 Å². The first kappa shape index (κ1) is 14.8. The molecule has 21 heavy (non-hydrogen) atoms. The monoisotopic (exact) mass is 286 g/mol. The van der Waals surface area contributed by atoms with Gasteiger partial charge in [-0.1, -0.05) is 6.07 Å². The summed E-state index contributed by atoms with van der Waals surface area (Å²) in [5.74, 6) is 0.364. The van der Waals surface area contributed by atoms with Crippen LogP contribution >= 0.6 is 0 Å². The van der Waals surface area contributed by atoms with Crippen molar-refractivity contribution >= 4 is 0 Å². The summed E-state index contributed by atoms with van der Waals surface area (Å²) in [5.41, 5.74) is 2.38. The molecule has 0 unspecified atom stereocenters. The van der Waals surface area contributed by atoms with Crippen molar-refractivity contribution in [1.82, 2.24) is 4.98 Å². The maximum Gasteiger partial charge on any atom is 0.144 e. The summed E-state index contributed by atoms with van der Waals surface area (Å²) in [6, 6.07) is 6.09. The Bertz CT molecular complexity index is 708. The molecule has 1 aromatic heterocycles. The number of hydrogen-bond acceptors (Lipinski definition) is 4. The average molecular weight is 286 g/mol. The van der Waals surface area contributed by atoms with Crippen LogP contribution in [-0.4, -0.2) is 12.1 Å². The third-order valence-corrected chi connectivity index (χ3v) is 3.20. The third kappa shape index (κ3) is 2.95. The molecule has 0 atom stereocenters. The summed E-state index contributed by atoms with van der Waals surface area (Å²) < 4.78 is 24.3. The summed E-state index contributed by atoms with van der Waals surface area (Å²) >= 11 is 0. The highest BCUT2D eigenvalue weighted by Crippen LogP contribution is 2.26. The van der Waals surface area contributed by atoms with E-state index in [1.54, 1.807) is 25.4 Å². The summed E-state index contributed by atoms with van der Waals surface area (Å²) in [6.07, 6.45) is 1.70. The molecule has 0 aliphatic rings. The van der Waals surface area contributed by atoms with E-state index >= 15 is 0 Å². The summed E-state index contributed by atoms with van der Waals surface area (Å²) in [7, 11) is 1.60. The van der Waals surface area contributed by atoms with Gasteiger partial charge in [-0.15, -0.1) is 0 Å². The van der Waals surface area contributed by atoms with Crippen molar-refractivity contribution in [2.24, 2.45) is 0 Å². The van der Waals surface area contributed by atoms with Crippen molar-refractivity contribution in [2.75, 3.05) is 7.11 Å². The van der Waals surface area contributed by atoms with Crippen LogP contribution in [0.4, 0.5) is 4.39 Å². The second-order valence-corrected chi connectivity index (χ2v) is 4.56. The molecule has 5 heteroatoms. The van der Waals surface area contributed by atoms with Gasteiger partial charge in [0.2, 0.25) is 0 Å². The lowest BCUT2D eigenvalue weighted by molar-refractivity contribution is 0.296. The molecule has 0 saturated carbocycles. The number of aromatic nitrogens is 1. The van der Waals surface area contributed by atoms with Gasteiger partial charge in [0.1, 0.15) is 35.6 Å². The topological polar surface area (TPSA) is 55.1 Å². The minimum Gasteiger partial charge on any atom is -0.496 e. The Balaban J connectivity index is 2.26. The van der Waals surface area contributed by atoms with Crippen LogP contribution in [0.3, 0.4) is 0 Å². The van der Waals surface area contributed by atoms with E-state index in [1.807, 2.05) is 13.8 Å². The minimum atomic E-state index is -0.596. The lowest BCUT2D eigenvalue weighted by Gasteiger charge is -2.13. The molecular formula is C16H15FN2O2. The zero-order chi connectivity index (χ0) is 15.4. The molecule has 1 heterocycles. The van der Waals surface area contributed by atoms with E-state index in [1.165, 1.54) is 12.1 Å². The lowest BCUT2D eigenvalue weighted by Crippen LogP contribution is -2.05. The first-order valence-corrected chi connectivity index (χ1v) is 6.39. The molecule has 108 valence electrons. The van der Waals surface area contributed by atoms with Gasteiger partial charge in [0, 0.05) is 17.3 Å². The highest BCUT2D eigenvalue weighted by Gasteiger charge is 2.12. The highest BCUT2D eigenvalue weighted by molar-refractivity contribution is 5.44. The predicted molar refractivity (Wildman–Crippen MR) is 75.7 cm³/mol. The number of methoxy groups -OCH3 is 1. The quantitative estimate of drug-likeness (QED) is 0.865. The number of hydrogen-bond donors (Lipinski definition) is 0. The van der Waals surface area contributed by atoms with Gasteiger partial charge in [0.05, 0.1) is 12.8 Å². The zero-order valence-corrected chi connectivity index (χ0v) is 12.1. The highest BCUT2D eigenvalue weighted by atomic mass is 19.1. The van der Waals surface area contributed by atoms with Crippen LogP contribution in [0.25, 0.3) is 0 Å². The molecule has 0 amide bonds. The molecule has 0 aliphatic heterocycles. The Morgan fingerprint density at radius 3 is 2.76 bits per heavy atom. The van der Waals surface area contributed by atoms with Gasteiger partial charge in [-0.25, -0.2) is 4.39 Å². The maximum absolute atomic E-state index is 13.5. The molecule has 0 fully saturated rings. The van der Waals surface area contributed by atoms with Crippen molar-refractivity contribution in [2.45, 2.75) is 20.5 Å². The second kappa shape index (κ2) is 6.23. The van der Waals surface area contributed by atoms with E-state index in [9.17, 15) is 4.39 Å². The van der Waals surface area contributed by atoms with Crippen molar-refractivity contribution in [1.29, 1.82) is 5.26 Å². The molecule has 0 bridgehead atoms. The third-order valence-electron chi connectivity index (χ3n) is 3.20. The lowest BCUT2D eigenvalue weighted by atomic mass is 10.1. The Morgan fingerprint density at radius 1 is 1.33 bits per heavy atom. The van der Waals surface area contributed by atoms with Gasteiger partial charge in [0.15, 0.2) is 0 Å². The van der Waals surface area contributed by atoms with Crippen LogP contribution in [-0.2, 0) is 6.61 Å². The Kier molecular flexibility index (Phi) is 4.39. The Labute approximate surface area is 122 Å². The minimum absolute atomic E-state index is 0.103. The fourth-order valence-electron chi connectivity index (χ4n) is 2.10. The van der Waals surface area contributed by atoms with Crippen LogP contribution in [0.2, 0.25) is 0 Å². The summed E-state index contributed by atoms with van der Waals surface area (Å²) in [4.78, 5) is 4.30. The number of nitriles is 1. The average Bonchev–Trinajstić information content (AvgIpc) is 2.47. The van der Waals surface area contributed by atoms with E-state index in [0.29, 0.717) is 5.69 Å². The number of pyridine rings is 1. The fraction of sp³-hybridized carbons (Fsp3) is 0.250. The zero-order valence-electron chi connectivity index (χ0n) is 12.1.